The number of methoxy groups -OCH3 is 1. The largest absolute Gasteiger partial charge is 0.497 e. The van der Waals surface area contributed by atoms with Crippen molar-refractivity contribution < 1.29 is 9.26 Å². The van der Waals surface area contributed by atoms with Crippen LogP contribution < -0.4 is 10.5 Å². The van der Waals surface area contributed by atoms with Crippen LogP contribution in [0.4, 0.5) is 5.69 Å². The first-order chi connectivity index (χ1) is 10.2. The lowest BCUT2D eigenvalue weighted by Gasteiger charge is -2.03. The molecular formula is C15H14N4O2. The van der Waals surface area contributed by atoms with Crippen molar-refractivity contribution in [2.45, 2.75) is 6.92 Å². The number of hydrogen-bond acceptors (Lipinski definition) is 6. The van der Waals surface area contributed by atoms with Crippen molar-refractivity contribution in [3.63, 3.8) is 0 Å². The summed E-state index contributed by atoms with van der Waals surface area (Å²) in [6.07, 6.45) is 1.71. The number of ether oxygens (including phenoxy) is 1. The van der Waals surface area contributed by atoms with Gasteiger partial charge in [0.25, 0.3) is 5.89 Å². The Hall–Kier alpha value is -2.89. The van der Waals surface area contributed by atoms with E-state index in [9.17, 15) is 0 Å². The fourth-order valence-electron chi connectivity index (χ4n) is 1.94. The molecule has 3 aromatic rings. The highest BCUT2D eigenvalue weighted by Crippen LogP contribution is 2.29. The van der Waals surface area contributed by atoms with Gasteiger partial charge in [-0.1, -0.05) is 5.16 Å². The summed E-state index contributed by atoms with van der Waals surface area (Å²) in [5, 5.41) is 3.96. The Morgan fingerprint density at radius 1 is 1.19 bits per heavy atom. The van der Waals surface area contributed by atoms with Gasteiger partial charge in [-0.05, 0) is 42.8 Å². The summed E-state index contributed by atoms with van der Waals surface area (Å²) < 4.78 is 10.5. The molecule has 3 rings (SSSR count). The normalized spacial score (nSPS) is 10.6. The van der Waals surface area contributed by atoms with Crippen LogP contribution in [0.1, 0.15) is 5.56 Å². The molecule has 0 unspecified atom stereocenters. The fourth-order valence-corrected chi connectivity index (χ4v) is 1.94. The van der Waals surface area contributed by atoms with Crippen LogP contribution in [0.3, 0.4) is 0 Å². The van der Waals surface area contributed by atoms with Gasteiger partial charge in [-0.2, -0.15) is 4.98 Å². The molecule has 6 heteroatoms. The van der Waals surface area contributed by atoms with E-state index in [0.717, 1.165) is 5.56 Å². The van der Waals surface area contributed by atoms with E-state index in [2.05, 4.69) is 15.1 Å². The maximum Gasteiger partial charge on any atom is 0.260 e. The Morgan fingerprint density at radius 2 is 2.05 bits per heavy atom. The molecular weight excluding hydrogens is 268 g/mol. The molecule has 0 fully saturated rings. The van der Waals surface area contributed by atoms with Crippen molar-refractivity contribution in [2.24, 2.45) is 0 Å². The number of anilines is 1. The van der Waals surface area contributed by atoms with Gasteiger partial charge in [-0.3, -0.25) is 4.98 Å². The number of aryl methyl sites for hydroxylation is 1. The number of hydrogen-bond donors (Lipinski definition) is 1. The van der Waals surface area contributed by atoms with Gasteiger partial charge in [0.15, 0.2) is 0 Å². The third kappa shape index (κ3) is 2.55. The van der Waals surface area contributed by atoms with E-state index in [4.69, 9.17) is 15.0 Å². The third-order valence-corrected chi connectivity index (χ3v) is 3.06. The molecule has 2 N–H and O–H groups in total. The summed E-state index contributed by atoms with van der Waals surface area (Å²) in [4.78, 5) is 8.58. The fraction of sp³-hybridized carbons (Fsp3) is 0.133. The van der Waals surface area contributed by atoms with E-state index in [-0.39, 0.29) is 0 Å². The zero-order chi connectivity index (χ0) is 14.8. The van der Waals surface area contributed by atoms with Crippen molar-refractivity contribution in [2.75, 3.05) is 12.8 Å². The molecule has 0 saturated carbocycles. The molecule has 0 spiro atoms. The van der Waals surface area contributed by atoms with E-state index >= 15 is 0 Å². The highest BCUT2D eigenvalue weighted by Gasteiger charge is 2.14. The summed E-state index contributed by atoms with van der Waals surface area (Å²) in [6, 6.07) is 9.07. The molecule has 106 valence electrons. The molecule has 0 saturated heterocycles. The number of aromatic nitrogens is 3. The molecule has 0 bridgehead atoms. The van der Waals surface area contributed by atoms with Crippen molar-refractivity contribution in [1.82, 2.24) is 15.1 Å². The molecule has 0 radical (unpaired) electrons. The molecule has 0 amide bonds. The van der Waals surface area contributed by atoms with Crippen LogP contribution in [0, 0.1) is 6.92 Å². The van der Waals surface area contributed by atoms with Crippen molar-refractivity contribution in [3.8, 4) is 28.7 Å². The zero-order valence-corrected chi connectivity index (χ0v) is 11.7. The number of benzene rings is 1. The Morgan fingerprint density at radius 3 is 2.81 bits per heavy atom. The highest BCUT2D eigenvalue weighted by molar-refractivity contribution is 5.72. The Labute approximate surface area is 121 Å². The molecule has 0 atom stereocenters. The topological polar surface area (TPSA) is 87.1 Å². The third-order valence-electron chi connectivity index (χ3n) is 3.06. The van der Waals surface area contributed by atoms with Gasteiger partial charge >= 0.3 is 0 Å². The van der Waals surface area contributed by atoms with Crippen LogP contribution in [-0.2, 0) is 0 Å². The molecule has 0 aliphatic rings. The Balaban J connectivity index is 2.02. The standard InChI is InChI=1S/C15H14N4O2/c1-9-5-6-17-13(7-9)14-18-15(21-19-14)11-8-10(20-2)3-4-12(11)16/h3-8H,16H2,1-2H3. The van der Waals surface area contributed by atoms with Gasteiger partial charge in [-0.15, -0.1) is 0 Å². The van der Waals surface area contributed by atoms with E-state index in [0.29, 0.717) is 34.4 Å². The van der Waals surface area contributed by atoms with Gasteiger partial charge < -0.3 is 15.0 Å². The van der Waals surface area contributed by atoms with Gasteiger partial charge in [0, 0.05) is 11.9 Å². The van der Waals surface area contributed by atoms with Crippen molar-refractivity contribution in [1.29, 1.82) is 0 Å². The van der Waals surface area contributed by atoms with E-state index in [1.54, 1.807) is 31.5 Å². The number of nitrogen functional groups attached to an aromatic ring is 1. The van der Waals surface area contributed by atoms with Crippen molar-refractivity contribution in [3.05, 3.63) is 42.1 Å². The average Bonchev–Trinajstić information content (AvgIpc) is 2.97. The Kier molecular flexibility index (Phi) is 3.27. The first-order valence-electron chi connectivity index (χ1n) is 6.38. The molecule has 2 aromatic heterocycles. The average molecular weight is 282 g/mol. The lowest BCUT2D eigenvalue weighted by Crippen LogP contribution is -1.92. The highest BCUT2D eigenvalue weighted by atomic mass is 16.5. The van der Waals surface area contributed by atoms with Gasteiger partial charge in [0.2, 0.25) is 5.82 Å². The van der Waals surface area contributed by atoms with E-state index in [1.807, 2.05) is 19.1 Å². The minimum absolute atomic E-state index is 0.338. The second kappa shape index (κ2) is 5.24. The van der Waals surface area contributed by atoms with E-state index < -0.39 is 0 Å². The van der Waals surface area contributed by atoms with Crippen LogP contribution in [0.25, 0.3) is 23.0 Å². The number of pyridine rings is 1. The molecule has 0 aliphatic heterocycles. The molecule has 0 aliphatic carbocycles. The monoisotopic (exact) mass is 282 g/mol. The first-order valence-corrected chi connectivity index (χ1v) is 6.38. The van der Waals surface area contributed by atoms with Crippen LogP contribution in [-0.4, -0.2) is 22.2 Å². The first kappa shape index (κ1) is 13.1. The van der Waals surface area contributed by atoms with Crippen LogP contribution >= 0.6 is 0 Å². The molecule has 1 aromatic carbocycles. The Bertz CT molecular complexity index is 783. The zero-order valence-electron chi connectivity index (χ0n) is 11.7. The predicted octanol–water partition coefficient (Wildman–Crippen LogP) is 2.70. The van der Waals surface area contributed by atoms with Crippen LogP contribution in [0.15, 0.2) is 41.1 Å². The minimum Gasteiger partial charge on any atom is -0.497 e. The van der Waals surface area contributed by atoms with Crippen molar-refractivity contribution >= 4 is 5.69 Å². The van der Waals surface area contributed by atoms with Crippen LogP contribution in [0.5, 0.6) is 5.75 Å². The summed E-state index contributed by atoms with van der Waals surface area (Å²) in [5.74, 6) is 1.44. The van der Waals surface area contributed by atoms with Gasteiger partial charge in [0.1, 0.15) is 11.4 Å². The summed E-state index contributed by atoms with van der Waals surface area (Å²) >= 11 is 0. The SMILES string of the molecule is COc1ccc(N)c(-c2nc(-c3cc(C)ccn3)no2)c1. The summed E-state index contributed by atoms with van der Waals surface area (Å²) in [5.41, 5.74) is 8.87. The minimum atomic E-state index is 0.338. The summed E-state index contributed by atoms with van der Waals surface area (Å²) in [6.45, 7) is 1.98. The maximum atomic E-state index is 5.95. The van der Waals surface area contributed by atoms with Gasteiger partial charge in [0.05, 0.1) is 12.7 Å². The lowest BCUT2D eigenvalue weighted by atomic mass is 10.1. The number of nitrogens with zero attached hydrogens (tertiary/aromatic N) is 3. The van der Waals surface area contributed by atoms with Crippen LogP contribution in [0.2, 0.25) is 0 Å². The second-order valence-electron chi connectivity index (χ2n) is 4.59. The smallest absolute Gasteiger partial charge is 0.260 e. The van der Waals surface area contributed by atoms with E-state index in [1.165, 1.54) is 0 Å². The lowest BCUT2D eigenvalue weighted by molar-refractivity contribution is 0.413. The second-order valence-corrected chi connectivity index (χ2v) is 4.59. The van der Waals surface area contributed by atoms with Gasteiger partial charge in [-0.25, -0.2) is 0 Å². The molecule has 2 heterocycles. The number of nitrogens with two attached hydrogens (primary N) is 1. The maximum absolute atomic E-state index is 5.95. The summed E-state index contributed by atoms with van der Waals surface area (Å²) in [7, 11) is 1.59. The molecule has 6 nitrogen and oxygen atoms in total. The molecule has 21 heavy (non-hydrogen) atoms. The predicted molar refractivity (Wildman–Crippen MR) is 78.7 cm³/mol. The quantitative estimate of drug-likeness (QED) is 0.743. The number of rotatable bonds is 3.